The summed E-state index contributed by atoms with van der Waals surface area (Å²) in [5.41, 5.74) is 5.95. The van der Waals surface area contributed by atoms with Crippen LogP contribution in [0.25, 0.3) is 0 Å². The topological polar surface area (TPSA) is 80.0 Å². The highest BCUT2D eigenvalue weighted by atomic mass is 32.2. The Morgan fingerprint density at radius 2 is 2.08 bits per heavy atom. The molecule has 0 aliphatic carbocycles. The van der Waals surface area contributed by atoms with Crippen molar-refractivity contribution in [2.45, 2.75) is 30.7 Å². The van der Waals surface area contributed by atoms with Gasteiger partial charge < -0.3 is 20.7 Å². The third kappa shape index (κ3) is 6.31. The molecule has 1 aromatic rings. The fourth-order valence-corrected chi connectivity index (χ4v) is 3.29. The molecular weight excluding hydrogens is 324 g/mol. The molecular formula is C17H26N4O2S. The minimum absolute atomic E-state index is 0.226. The van der Waals surface area contributed by atoms with Crippen LogP contribution in [-0.2, 0) is 4.74 Å². The van der Waals surface area contributed by atoms with Gasteiger partial charge in [0.25, 0.3) is 0 Å². The van der Waals surface area contributed by atoms with Crippen LogP contribution in [0.3, 0.4) is 0 Å². The number of carbonyl (C=O) groups is 1. The first-order valence-electron chi connectivity index (χ1n) is 8.35. The van der Waals surface area contributed by atoms with Crippen molar-refractivity contribution >= 4 is 23.8 Å². The zero-order valence-electron chi connectivity index (χ0n) is 14.1. The molecule has 24 heavy (non-hydrogen) atoms. The molecule has 1 fully saturated rings. The Balaban J connectivity index is 1.64. The zero-order valence-corrected chi connectivity index (χ0v) is 14.9. The number of ether oxygens (including phenoxy) is 1. The van der Waals surface area contributed by atoms with Gasteiger partial charge in [-0.25, -0.2) is 4.79 Å². The van der Waals surface area contributed by atoms with Crippen molar-refractivity contribution in [1.29, 1.82) is 0 Å². The zero-order chi connectivity index (χ0) is 17.2. The molecule has 0 atom stereocenters. The highest BCUT2D eigenvalue weighted by Crippen LogP contribution is 2.16. The quantitative estimate of drug-likeness (QED) is 0.356. The monoisotopic (exact) mass is 350 g/mol. The minimum atomic E-state index is -0.226. The van der Waals surface area contributed by atoms with E-state index in [9.17, 15) is 4.79 Å². The first-order chi connectivity index (χ1) is 11.7. The number of nitrogens with two attached hydrogens (primary N) is 1. The lowest BCUT2D eigenvalue weighted by molar-refractivity contribution is 0.0963. The fraction of sp³-hybridized carbons (Fsp3) is 0.529. The number of carbonyl (C=O) groups excluding carboxylic acids is 1. The predicted octanol–water partition coefficient (Wildman–Crippen LogP) is 2.30. The van der Waals surface area contributed by atoms with Gasteiger partial charge in [0.15, 0.2) is 5.96 Å². The second kappa shape index (κ2) is 10.1. The standard InChI is InChI=1S/C17H26N4O2S/c1-2-23-17(22)21-11-8-14(9-12-21)20-16(18)19-10-13-24-15-6-4-3-5-7-15/h3-7,14H,2,8-13H2,1H3,(H3,18,19,20). The maximum absolute atomic E-state index is 11.7. The number of amides is 1. The Kier molecular flexibility index (Phi) is 7.74. The summed E-state index contributed by atoms with van der Waals surface area (Å²) in [6.45, 7) is 4.29. The van der Waals surface area contributed by atoms with Gasteiger partial charge in [0.2, 0.25) is 0 Å². The number of nitrogens with zero attached hydrogens (tertiary/aromatic N) is 2. The SMILES string of the molecule is CCOC(=O)N1CCC(NC(N)=NCCSc2ccccc2)CC1. The molecule has 2 rings (SSSR count). The van der Waals surface area contributed by atoms with E-state index in [1.165, 1.54) is 4.90 Å². The van der Waals surface area contributed by atoms with Crippen molar-refractivity contribution < 1.29 is 9.53 Å². The summed E-state index contributed by atoms with van der Waals surface area (Å²) in [6, 6.07) is 10.5. The van der Waals surface area contributed by atoms with Gasteiger partial charge in [-0.2, -0.15) is 0 Å². The van der Waals surface area contributed by atoms with E-state index in [0.29, 0.717) is 32.2 Å². The van der Waals surface area contributed by atoms with Crippen molar-refractivity contribution in [1.82, 2.24) is 10.2 Å². The van der Waals surface area contributed by atoms with Crippen LogP contribution in [-0.4, -0.2) is 55.0 Å². The number of aliphatic imine (C=N–C) groups is 1. The van der Waals surface area contributed by atoms with Crippen LogP contribution in [0.5, 0.6) is 0 Å². The molecule has 1 saturated heterocycles. The maximum atomic E-state index is 11.7. The number of guanidine groups is 1. The lowest BCUT2D eigenvalue weighted by atomic mass is 10.1. The van der Waals surface area contributed by atoms with E-state index < -0.39 is 0 Å². The van der Waals surface area contributed by atoms with Crippen LogP contribution in [0.15, 0.2) is 40.2 Å². The number of rotatable bonds is 6. The van der Waals surface area contributed by atoms with E-state index in [1.54, 1.807) is 16.7 Å². The first-order valence-corrected chi connectivity index (χ1v) is 9.33. The molecule has 132 valence electrons. The summed E-state index contributed by atoms with van der Waals surface area (Å²) in [4.78, 5) is 19.0. The molecule has 6 nitrogen and oxygen atoms in total. The van der Waals surface area contributed by atoms with Crippen molar-refractivity contribution in [2.24, 2.45) is 10.7 Å². The molecule has 0 aromatic heterocycles. The van der Waals surface area contributed by atoms with Gasteiger partial charge in [0.1, 0.15) is 0 Å². The van der Waals surface area contributed by atoms with E-state index >= 15 is 0 Å². The normalized spacial score (nSPS) is 16.0. The van der Waals surface area contributed by atoms with E-state index in [4.69, 9.17) is 10.5 Å². The highest BCUT2D eigenvalue weighted by molar-refractivity contribution is 7.99. The van der Waals surface area contributed by atoms with Crippen LogP contribution in [0, 0.1) is 0 Å². The lowest BCUT2D eigenvalue weighted by Crippen LogP contribution is -2.48. The van der Waals surface area contributed by atoms with Crippen LogP contribution in [0.1, 0.15) is 19.8 Å². The molecule has 1 heterocycles. The predicted molar refractivity (Wildman–Crippen MR) is 98.4 cm³/mol. The molecule has 1 aromatic carbocycles. The minimum Gasteiger partial charge on any atom is -0.450 e. The van der Waals surface area contributed by atoms with Gasteiger partial charge in [0, 0.05) is 29.8 Å². The van der Waals surface area contributed by atoms with Crippen molar-refractivity contribution in [3.63, 3.8) is 0 Å². The van der Waals surface area contributed by atoms with Gasteiger partial charge in [-0.05, 0) is 31.9 Å². The van der Waals surface area contributed by atoms with Crippen LogP contribution >= 0.6 is 11.8 Å². The third-order valence-corrected chi connectivity index (χ3v) is 4.75. The fourth-order valence-electron chi connectivity index (χ4n) is 2.52. The molecule has 0 bridgehead atoms. The van der Waals surface area contributed by atoms with Gasteiger partial charge in [0.05, 0.1) is 13.2 Å². The third-order valence-electron chi connectivity index (χ3n) is 3.76. The number of hydrogen-bond acceptors (Lipinski definition) is 4. The number of thioether (sulfide) groups is 1. The molecule has 1 aliphatic rings. The summed E-state index contributed by atoms with van der Waals surface area (Å²) >= 11 is 1.77. The average Bonchev–Trinajstić information content (AvgIpc) is 2.60. The van der Waals surface area contributed by atoms with Gasteiger partial charge >= 0.3 is 6.09 Å². The van der Waals surface area contributed by atoms with E-state index in [2.05, 4.69) is 22.4 Å². The highest BCUT2D eigenvalue weighted by Gasteiger charge is 2.23. The van der Waals surface area contributed by atoms with Gasteiger partial charge in [-0.1, -0.05) is 18.2 Å². The van der Waals surface area contributed by atoms with Crippen molar-refractivity contribution in [2.75, 3.05) is 32.0 Å². The summed E-state index contributed by atoms with van der Waals surface area (Å²) in [6.07, 6.45) is 1.48. The van der Waals surface area contributed by atoms with Crippen LogP contribution in [0.4, 0.5) is 4.79 Å². The number of nitrogens with one attached hydrogen (secondary N) is 1. The Morgan fingerprint density at radius 1 is 1.38 bits per heavy atom. The molecule has 0 saturated carbocycles. The Bertz CT molecular complexity index is 531. The Labute approximate surface area is 147 Å². The Hall–Kier alpha value is -1.89. The average molecular weight is 350 g/mol. The second-order valence-electron chi connectivity index (χ2n) is 5.53. The summed E-state index contributed by atoms with van der Waals surface area (Å²) in [5.74, 6) is 1.38. The lowest BCUT2D eigenvalue weighted by Gasteiger charge is -2.31. The van der Waals surface area contributed by atoms with Crippen LogP contribution in [0.2, 0.25) is 0 Å². The summed E-state index contributed by atoms with van der Waals surface area (Å²) < 4.78 is 5.02. The molecule has 7 heteroatoms. The molecule has 0 radical (unpaired) electrons. The van der Waals surface area contributed by atoms with E-state index in [1.807, 2.05) is 25.1 Å². The largest absolute Gasteiger partial charge is 0.450 e. The molecule has 0 unspecified atom stereocenters. The Morgan fingerprint density at radius 3 is 2.75 bits per heavy atom. The second-order valence-corrected chi connectivity index (χ2v) is 6.70. The number of likely N-dealkylation sites (tertiary alicyclic amines) is 1. The van der Waals surface area contributed by atoms with Gasteiger partial charge in [-0.3, -0.25) is 4.99 Å². The molecule has 0 spiro atoms. The van der Waals surface area contributed by atoms with E-state index in [-0.39, 0.29) is 12.1 Å². The number of benzene rings is 1. The van der Waals surface area contributed by atoms with Gasteiger partial charge in [-0.15, -0.1) is 11.8 Å². The number of piperidine rings is 1. The number of hydrogen-bond donors (Lipinski definition) is 2. The maximum Gasteiger partial charge on any atom is 0.409 e. The van der Waals surface area contributed by atoms with Crippen LogP contribution < -0.4 is 11.1 Å². The van der Waals surface area contributed by atoms with Crippen molar-refractivity contribution in [3.8, 4) is 0 Å². The smallest absolute Gasteiger partial charge is 0.409 e. The first kappa shape index (κ1) is 18.4. The van der Waals surface area contributed by atoms with Crippen molar-refractivity contribution in [3.05, 3.63) is 30.3 Å². The summed E-state index contributed by atoms with van der Waals surface area (Å²) in [5, 5.41) is 3.25. The molecule has 1 amide bonds. The molecule has 1 aliphatic heterocycles. The van der Waals surface area contributed by atoms with E-state index in [0.717, 1.165) is 18.6 Å². The molecule has 3 N–H and O–H groups in total. The summed E-state index contributed by atoms with van der Waals surface area (Å²) in [7, 11) is 0.